The van der Waals surface area contributed by atoms with Gasteiger partial charge in [-0.15, -0.1) is 0 Å². The summed E-state index contributed by atoms with van der Waals surface area (Å²) >= 11 is 0. The van der Waals surface area contributed by atoms with Crippen molar-refractivity contribution in [1.29, 1.82) is 0 Å². The number of hydrogen-bond acceptors (Lipinski definition) is 6. The van der Waals surface area contributed by atoms with E-state index in [1.54, 1.807) is 51.2 Å². The lowest BCUT2D eigenvalue weighted by Gasteiger charge is -2.70. The quantitative estimate of drug-likeness (QED) is 0.580. The van der Waals surface area contributed by atoms with Gasteiger partial charge in [-0.3, -0.25) is 0 Å². The maximum absolute atomic E-state index is 5.73. The molecule has 2 radical (unpaired) electrons. The summed E-state index contributed by atoms with van der Waals surface area (Å²) in [7, 11) is 7.48. The first-order chi connectivity index (χ1) is 6.06. The Morgan fingerprint density at radius 3 is 1.85 bits per heavy atom. The predicted molar refractivity (Wildman–Crippen MR) is 67.7 cm³/mol. The van der Waals surface area contributed by atoms with Crippen LogP contribution in [0.25, 0.3) is 0 Å². The van der Waals surface area contributed by atoms with Crippen molar-refractivity contribution < 1.29 is 12.5 Å². The standard InChI is InChI=1S/C5H14O3S4Si/c1-5-12(6-2,7-3,8-4)10-9-11-13-12/h5H2,1-4H3. The highest BCUT2D eigenvalue weighted by Gasteiger charge is 2.65. The van der Waals surface area contributed by atoms with Gasteiger partial charge < -0.3 is 12.5 Å². The summed E-state index contributed by atoms with van der Waals surface area (Å²) in [6, 6.07) is 0. The molecule has 0 bridgehead atoms. The summed E-state index contributed by atoms with van der Waals surface area (Å²) < 4.78 is 17.2. The van der Waals surface area contributed by atoms with E-state index in [4.69, 9.17) is 12.5 Å². The molecule has 0 saturated carbocycles. The van der Waals surface area contributed by atoms with Gasteiger partial charge >= 0.3 is 0 Å². The summed E-state index contributed by atoms with van der Waals surface area (Å²) in [5.74, 6) is 0.770. The minimum Gasteiger partial charge on any atom is -0.312 e. The molecule has 0 unspecified atom stereocenters. The van der Waals surface area contributed by atoms with Gasteiger partial charge in [-0.2, -0.15) is 0 Å². The zero-order chi connectivity index (χ0) is 10.1. The fraction of sp³-hybridized carbons (Fsp3) is 1.00. The molecular weight excluding hydrogens is 264 g/mol. The second kappa shape index (κ2) is 3.51. The van der Waals surface area contributed by atoms with E-state index < -0.39 is 7.62 Å². The third-order valence-corrected chi connectivity index (χ3v) is 31.0. The van der Waals surface area contributed by atoms with Gasteiger partial charge in [0.2, 0.25) is 0 Å². The second-order valence-electron chi connectivity index (χ2n) is 2.45. The third-order valence-electron chi connectivity index (χ3n) is 2.29. The Bertz CT molecular complexity index is 180. The van der Waals surface area contributed by atoms with Crippen LogP contribution < -0.4 is 0 Å². The average molecular weight is 279 g/mol. The predicted octanol–water partition coefficient (Wildman–Crippen LogP) is 3.06. The molecule has 0 aromatic rings. The zero-order valence-electron chi connectivity index (χ0n) is 8.06. The van der Waals surface area contributed by atoms with Crippen LogP contribution in [-0.2, 0) is 12.5 Å². The van der Waals surface area contributed by atoms with E-state index in [2.05, 4.69) is 6.92 Å². The highest BCUT2D eigenvalue weighted by Crippen LogP contribution is 3.04. The van der Waals surface area contributed by atoms with Crippen molar-refractivity contribution >= 4 is 45.3 Å². The molecule has 0 amide bonds. The molecule has 3 nitrogen and oxygen atoms in total. The Balaban J connectivity index is 3.22. The molecule has 0 aliphatic carbocycles. The van der Waals surface area contributed by atoms with Gasteiger partial charge in [-0.1, -0.05) is 17.2 Å². The van der Waals surface area contributed by atoms with Crippen molar-refractivity contribution in [3.8, 4) is 0 Å². The molecule has 0 atom stereocenters. The summed E-state index contributed by atoms with van der Waals surface area (Å²) in [5.41, 5.74) is 0. The van der Waals surface area contributed by atoms with Gasteiger partial charge in [0, 0.05) is 15.6 Å². The molecule has 13 heavy (non-hydrogen) atoms. The molecule has 8 heteroatoms. The molecule has 0 N–H and O–H groups in total. The number of rotatable bonds is 4. The Labute approximate surface area is 91.6 Å². The minimum absolute atomic E-state index is 0.505. The molecule has 0 aromatic carbocycles. The lowest BCUT2D eigenvalue weighted by Crippen LogP contribution is -2.41. The first kappa shape index (κ1) is 12.6. The molecule has 1 saturated heterocycles. The summed E-state index contributed by atoms with van der Waals surface area (Å²) in [5, 5.41) is 0. The molecule has 1 heterocycles. The molecule has 80 valence electrons. The first-order valence-electron chi connectivity index (χ1n) is 3.63. The van der Waals surface area contributed by atoms with Gasteiger partial charge in [0.05, 0.1) is 21.3 Å². The fourth-order valence-corrected chi connectivity index (χ4v) is 36.1. The van der Waals surface area contributed by atoms with E-state index in [0.29, 0.717) is 7.82 Å². The largest absolute Gasteiger partial charge is 0.312 e. The van der Waals surface area contributed by atoms with E-state index in [0.717, 1.165) is 5.75 Å². The highest BCUT2D eigenvalue weighted by atomic mass is 33.8. The van der Waals surface area contributed by atoms with E-state index in [9.17, 15) is 0 Å². The maximum Gasteiger partial charge on any atom is 0.278 e. The van der Waals surface area contributed by atoms with E-state index in [1.807, 2.05) is 0 Å². The third kappa shape index (κ3) is 1.50. The van der Waals surface area contributed by atoms with Crippen LogP contribution in [0.3, 0.4) is 0 Å². The van der Waals surface area contributed by atoms with Crippen LogP contribution in [0, 0.1) is 0 Å². The van der Waals surface area contributed by atoms with E-state index >= 15 is 0 Å². The van der Waals surface area contributed by atoms with Gasteiger partial charge in [-0.05, 0) is 17.4 Å². The molecule has 0 spiro atoms. The zero-order valence-corrected chi connectivity index (χ0v) is 12.3. The molecule has 1 fully saturated rings. The van der Waals surface area contributed by atoms with E-state index in [-0.39, 0.29) is 0 Å². The van der Waals surface area contributed by atoms with Crippen LogP contribution in [0.5, 0.6) is 0 Å². The number of hydrogen-bond donors (Lipinski definition) is 0. The van der Waals surface area contributed by atoms with Crippen molar-refractivity contribution in [2.45, 2.75) is 6.92 Å². The van der Waals surface area contributed by atoms with Gasteiger partial charge in [0.25, 0.3) is 7.82 Å². The van der Waals surface area contributed by atoms with Gasteiger partial charge in [-0.25, -0.2) is 0 Å². The molecule has 1 aliphatic rings. The van der Waals surface area contributed by atoms with Crippen LogP contribution in [-0.4, -0.2) is 34.9 Å². The Morgan fingerprint density at radius 1 is 1.15 bits per heavy atom. The van der Waals surface area contributed by atoms with Crippen LogP contribution >= 0.6 is 37.5 Å². The van der Waals surface area contributed by atoms with Crippen molar-refractivity contribution in [3.05, 3.63) is 0 Å². The Morgan fingerprint density at radius 2 is 1.69 bits per heavy atom. The molecular formula is C5H14O3S4Si. The SMILES string of the molecule is CCS1(OC)(OC)(OC)[Si]SSS1. The van der Waals surface area contributed by atoms with Gasteiger partial charge in [0.1, 0.15) is 0 Å². The van der Waals surface area contributed by atoms with Crippen molar-refractivity contribution in [2.24, 2.45) is 0 Å². The molecule has 1 aliphatic heterocycles. The second-order valence-corrected chi connectivity index (χ2v) is 20.9. The summed E-state index contributed by atoms with van der Waals surface area (Å²) in [6.45, 7) is 2.06. The van der Waals surface area contributed by atoms with Crippen molar-refractivity contribution in [1.82, 2.24) is 0 Å². The monoisotopic (exact) mass is 278 g/mol. The Hall–Kier alpha value is 1.50. The summed E-state index contributed by atoms with van der Waals surface area (Å²) in [4.78, 5) is 0. The van der Waals surface area contributed by atoms with Crippen molar-refractivity contribution in [3.63, 3.8) is 0 Å². The van der Waals surface area contributed by atoms with Crippen LogP contribution in [0.2, 0.25) is 0 Å². The fourth-order valence-electron chi connectivity index (χ4n) is 1.04. The average Bonchev–Trinajstić information content (AvgIpc) is 2.64. The van der Waals surface area contributed by atoms with E-state index in [1.165, 1.54) is 0 Å². The topological polar surface area (TPSA) is 27.7 Å². The normalized spacial score (nSPS) is 34.2. The van der Waals surface area contributed by atoms with Crippen LogP contribution in [0.4, 0.5) is 0 Å². The van der Waals surface area contributed by atoms with Crippen LogP contribution in [0.15, 0.2) is 0 Å². The Kier molecular flexibility index (Phi) is 3.40. The molecule has 1 rings (SSSR count). The van der Waals surface area contributed by atoms with Gasteiger partial charge in [0.15, 0.2) is 0 Å². The first-order valence-corrected chi connectivity index (χ1v) is 12.5. The lowest BCUT2D eigenvalue weighted by molar-refractivity contribution is 0.232. The highest BCUT2D eigenvalue weighted by molar-refractivity contribution is 9.52. The van der Waals surface area contributed by atoms with Crippen LogP contribution in [0.1, 0.15) is 6.92 Å². The van der Waals surface area contributed by atoms with Crippen molar-refractivity contribution in [2.75, 3.05) is 27.1 Å². The molecule has 0 aromatic heterocycles. The lowest BCUT2D eigenvalue weighted by atomic mass is 11.0. The maximum atomic E-state index is 5.73. The summed E-state index contributed by atoms with van der Waals surface area (Å²) in [6.07, 6.45) is 0. The minimum atomic E-state index is -3.17. The smallest absolute Gasteiger partial charge is 0.278 e.